The van der Waals surface area contributed by atoms with E-state index in [0.717, 1.165) is 36.9 Å². The molecule has 7 nitrogen and oxygen atoms in total. The zero-order valence-corrected chi connectivity index (χ0v) is 19.0. The number of guanidine groups is 1. The number of benzene rings is 1. The van der Waals surface area contributed by atoms with Crippen LogP contribution in [0.25, 0.3) is 22.3 Å². The predicted octanol–water partition coefficient (Wildman–Crippen LogP) is 5.50. The highest BCUT2D eigenvalue weighted by molar-refractivity contribution is 5.93. The van der Waals surface area contributed by atoms with E-state index in [1.54, 1.807) is 0 Å². The first-order valence-electron chi connectivity index (χ1n) is 11.2. The third kappa shape index (κ3) is 5.03. The van der Waals surface area contributed by atoms with Crippen LogP contribution in [-0.2, 0) is 6.54 Å². The fourth-order valence-corrected chi connectivity index (χ4v) is 4.47. The minimum absolute atomic E-state index is 0. The van der Waals surface area contributed by atoms with Crippen molar-refractivity contribution in [3.05, 3.63) is 36.4 Å². The molecule has 1 fully saturated rings. The van der Waals surface area contributed by atoms with Crippen molar-refractivity contribution in [1.82, 2.24) is 19.6 Å². The van der Waals surface area contributed by atoms with E-state index >= 15 is 0 Å². The molecule has 1 saturated heterocycles. The van der Waals surface area contributed by atoms with Crippen molar-refractivity contribution < 1.29 is 4.52 Å². The summed E-state index contributed by atoms with van der Waals surface area (Å²) in [7, 11) is 0. The number of aromatic nitrogens is 3. The summed E-state index contributed by atoms with van der Waals surface area (Å²) in [5.41, 5.74) is 7.90. The molecule has 8 heteroatoms. The van der Waals surface area contributed by atoms with Crippen LogP contribution in [0.3, 0.4) is 0 Å². The van der Waals surface area contributed by atoms with Gasteiger partial charge in [-0.15, -0.1) is 12.4 Å². The van der Waals surface area contributed by atoms with Gasteiger partial charge in [-0.3, -0.25) is 5.41 Å². The average Bonchev–Trinajstić information content (AvgIpc) is 3.49. The number of hydrogen-bond acceptors (Lipinski definition) is 4. The number of nitrogens with two attached hydrogens (primary N) is 1. The third-order valence-corrected chi connectivity index (χ3v) is 6.10. The third-order valence-electron chi connectivity index (χ3n) is 6.10. The first-order chi connectivity index (χ1) is 14.7. The van der Waals surface area contributed by atoms with Crippen LogP contribution >= 0.6 is 12.4 Å². The highest BCUT2D eigenvalue weighted by Gasteiger charge is 2.31. The minimum atomic E-state index is -0.0970. The number of fused-ring (bicyclic) bond motifs is 1. The Morgan fingerprint density at radius 1 is 1.19 bits per heavy atom. The van der Waals surface area contributed by atoms with Crippen LogP contribution in [0.4, 0.5) is 0 Å². The molecule has 3 N–H and O–H groups in total. The van der Waals surface area contributed by atoms with Gasteiger partial charge in [0.15, 0.2) is 5.96 Å². The lowest BCUT2D eigenvalue weighted by Crippen LogP contribution is -2.35. The molecule has 1 aromatic carbocycles. The van der Waals surface area contributed by atoms with Crippen LogP contribution in [0.15, 0.2) is 35.0 Å². The summed E-state index contributed by atoms with van der Waals surface area (Å²) < 4.78 is 7.92. The highest BCUT2D eigenvalue weighted by Crippen LogP contribution is 2.33. The number of unbranched alkanes of at least 4 members (excludes halogenated alkanes) is 5. The molecule has 0 radical (unpaired) electrons. The number of aryl methyl sites for hydroxylation is 1. The molecule has 3 aromatic rings. The Morgan fingerprint density at radius 3 is 2.81 bits per heavy atom. The fourth-order valence-electron chi connectivity index (χ4n) is 4.47. The molecule has 168 valence electrons. The van der Waals surface area contributed by atoms with Crippen LogP contribution in [0.5, 0.6) is 0 Å². The van der Waals surface area contributed by atoms with Crippen molar-refractivity contribution in [2.75, 3.05) is 6.54 Å². The number of rotatable bonds is 9. The number of nitrogens with zero attached hydrogens (tertiary/aromatic N) is 4. The lowest BCUT2D eigenvalue weighted by molar-refractivity contribution is 0.283. The van der Waals surface area contributed by atoms with Gasteiger partial charge in [0.05, 0.1) is 0 Å². The fraction of sp³-hybridized carbons (Fsp3) is 0.522. The van der Waals surface area contributed by atoms with Crippen LogP contribution in [0.2, 0.25) is 0 Å². The predicted molar refractivity (Wildman–Crippen MR) is 126 cm³/mol. The Hall–Kier alpha value is -2.54. The highest BCUT2D eigenvalue weighted by atomic mass is 35.5. The van der Waals surface area contributed by atoms with Crippen molar-refractivity contribution in [2.24, 2.45) is 5.73 Å². The number of halogens is 1. The smallest absolute Gasteiger partial charge is 0.249 e. The molecule has 0 spiro atoms. The Morgan fingerprint density at radius 2 is 2.00 bits per heavy atom. The van der Waals surface area contributed by atoms with Crippen molar-refractivity contribution >= 4 is 29.3 Å². The van der Waals surface area contributed by atoms with Crippen LogP contribution in [0, 0.1) is 5.41 Å². The van der Waals surface area contributed by atoms with Gasteiger partial charge in [-0.2, -0.15) is 4.98 Å². The largest absolute Gasteiger partial charge is 0.370 e. The number of nitrogens with one attached hydrogen (secondary N) is 1. The summed E-state index contributed by atoms with van der Waals surface area (Å²) in [6, 6.07) is 8.31. The summed E-state index contributed by atoms with van der Waals surface area (Å²) in [6.07, 6.45) is 11.8. The molecule has 1 aliphatic rings. The van der Waals surface area contributed by atoms with E-state index in [2.05, 4.69) is 46.0 Å². The Bertz CT molecular complexity index is 997. The van der Waals surface area contributed by atoms with Crippen LogP contribution in [0.1, 0.15) is 70.2 Å². The summed E-state index contributed by atoms with van der Waals surface area (Å²) in [6.45, 7) is 4.05. The van der Waals surface area contributed by atoms with Crippen LogP contribution < -0.4 is 5.73 Å². The van der Waals surface area contributed by atoms with Gasteiger partial charge < -0.3 is 19.7 Å². The van der Waals surface area contributed by atoms with Crippen molar-refractivity contribution in [3.63, 3.8) is 0 Å². The molecule has 4 rings (SSSR count). The van der Waals surface area contributed by atoms with Gasteiger partial charge in [0.1, 0.15) is 6.04 Å². The average molecular weight is 445 g/mol. The topological polar surface area (TPSA) is 97.0 Å². The summed E-state index contributed by atoms with van der Waals surface area (Å²) in [4.78, 5) is 6.51. The van der Waals surface area contributed by atoms with Crippen molar-refractivity contribution in [2.45, 2.75) is 70.9 Å². The Balaban J connectivity index is 0.00000272. The van der Waals surface area contributed by atoms with Crippen molar-refractivity contribution in [3.8, 4) is 11.4 Å². The second-order valence-electron chi connectivity index (χ2n) is 8.21. The second-order valence-corrected chi connectivity index (χ2v) is 8.21. The maximum absolute atomic E-state index is 7.77. The lowest BCUT2D eigenvalue weighted by Gasteiger charge is -2.21. The molecule has 1 aliphatic heterocycles. The number of hydrogen-bond donors (Lipinski definition) is 2. The molecule has 0 amide bonds. The summed E-state index contributed by atoms with van der Waals surface area (Å²) in [5, 5.41) is 13.2. The lowest BCUT2D eigenvalue weighted by atomic mass is 10.1. The van der Waals surface area contributed by atoms with Gasteiger partial charge in [0, 0.05) is 35.8 Å². The monoisotopic (exact) mass is 444 g/mol. The second kappa shape index (κ2) is 10.7. The molecule has 3 heterocycles. The zero-order valence-electron chi connectivity index (χ0n) is 18.2. The van der Waals surface area contributed by atoms with Crippen molar-refractivity contribution in [1.29, 1.82) is 5.41 Å². The van der Waals surface area contributed by atoms with Gasteiger partial charge in [0.25, 0.3) is 0 Å². The molecule has 2 aromatic heterocycles. The number of likely N-dealkylation sites (tertiary alicyclic amines) is 1. The van der Waals surface area contributed by atoms with E-state index < -0.39 is 0 Å². The molecular formula is C23H33ClN6O. The molecule has 0 bridgehead atoms. The van der Waals surface area contributed by atoms with Gasteiger partial charge in [-0.25, -0.2) is 0 Å². The zero-order chi connectivity index (χ0) is 20.9. The van der Waals surface area contributed by atoms with E-state index in [0.29, 0.717) is 11.7 Å². The molecule has 31 heavy (non-hydrogen) atoms. The maximum Gasteiger partial charge on any atom is 0.249 e. The molecular weight excluding hydrogens is 412 g/mol. The first-order valence-corrected chi connectivity index (χ1v) is 11.2. The van der Waals surface area contributed by atoms with Gasteiger partial charge in [-0.05, 0) is 31.4 Å². The molecule has 0 saturated carbocycles. The first kappa shape index (κ1) is 23.1. The van der Waals surface area contributed by atoms with E-state index in [1.807, 2.05) is 11.0 Å². The SMILES string of the molecule is CCCCCCCCn1ccc2c(-c3noc([C@@H]4CCCN4C(=N)N)n3)cccc21.Cl. The quantitative estimate of drug-likeness (QED) is 0.258. The standard InChI is InChI=1S/C23H32N6O.ClH/c1-2-3-4-5-6-7-14-28-16-13-17-18(10-8-11-19(17)28)21-26-22(30-27-21)20-12-9-15-29(20)23(24)25;/h8,10-11,13,16,20H,2-7,9,12,14-15H2,1H3,(H3,24,25);1H/t20-;/m0./s1. The van der Waals surface area contributed by atoms with E-state index in [-0.39, 0.29) is 24.4 Å². The molecule has 1 atom stereocenters. The Kier molecular flexibility index (Phi) is 7.96. The summed E-state index contributed by atoms with van der Waals surface area (Å²) >= 11 is 0. The van der Waals surface area contributed by atoms with E-state index in [9.17, 15) is 0 Å². The van der Waals surface area contributed by atoms with E-state index in [1.165, 1.54) is 44.0 Å². The summed E-state index contributed by atoms with van der Waals surface area (Å²) in [5.74, 6) is 1.20. The normalized spacial score (nSPS) is 16.0. The van der Waals surface area contributed by atoms with Gasteiger partial charge in [-0.1, -0.05) is 56.3 Å². The Labute approximate surface area is 189 Å². The van der Waals surface area contributed by atoms with Crippen LogP contribution in [-0.4, -0.2) is 32.1 Å². The molecule has 0 unspecified atom stereocenters. The maximum atomic E-state index is 7.77. The minimum Gasteiger partial charge on any atom is -0.370 e. The molecule has 0 aliphatic carbocycles. The van der Waals surface area contributed by atoms with Gasteiger partial charge >= 0.3 is 0 Å². The van der Waals surface area contributed by atoms with Gasteiger partial charge in [0.2, 0.25) is 11.7 Å². The van der Waals surface area contributed by atoms with E-state index in [4.69, 9.17) is 15.7 Å².